The largest absolute Gasteiger partial charge is 0.356 e. The molecule has 0 spiro atoms. The predicted molar refractivity (Wildman–Crippen MR) is 121 cm³/mol. The zero-order chi connectivity index (χ0) is 17.5. The fourth-order valence-corrected chi connectivity index (χ4v) is 4.90. The van der Waals surface area contributed by atoms with Gasteiger partial charge in [-0.25, -0.2) is 0 Å². The van der Waals surface area contributed by atoms with Crippen LogP contribution in [0.2, 0.25) is 0 Å². The Balaban J connectivity index is 0.00000243. The number of fused-ring (bicyclic) bond motifs is 1. The van der Waals surface area contributed by atoms with Gasteiger partial charge in [0.2, 0.25) is 0 Å². The number of nitrogens with zero attached hydrogens (tertiary/aromatic N) is 4. The molecule has 26 heavy (non-hydrogen) atoms. The van der Waals surface area contributed by atoms with Crippen molar-refractivity contribution in [3.05, 3.63) is 11.6 Å². The molecule has 1 atom stereocenters. The Labute approximate surface area is 178 Å². The maximum Gasteiger partial charge on any atom is 0.191 e. The summed E-state index contributed by atoms with van der Waals surface area (Å²) in [6.45, 7) is 5.33. The van der Waals surface area contributed by atoms with Gasteiger partial charge < -0.3 is 15.2 Å². The van der Waals surface area contributed by atoms with Gasteiger partial charge >= 0.3 is 0 Å². The van der Waals surface area contributed by atoms with Crippen molar-refractivity contribution in [1.82, 2.24) is 25.4 Å². The maximum atomic E-state index is 4.41. The Morgan fingerprint density at radius 2 is 2.12 bits per heavy atom. The molecular formula is C18H33IN6S. The minimum atomic E-state index is 0. The number of nitrogens with one attached hydrogen (secondary N) is 2. The molecule has 3 heterocycles. The topological polar surface area (TPSA) is 67.1 Å². The van der Waals surface area contributed by atoms with Crippen LogP contribution in [0.1, 0.15) is 57.1 Å². The van der Waals surface area contributed by atoms with Gasteiger partial charge in [0.1, 0.15) is 11.6 Å². The Bertz CT molecular complexity index is 582. The lowest BCUT2D eigenvalue weighted by Gasteiger charge is -2.24. The first-order valence-corrected chi connectivity index (χ1v) is 10.7. The van der Waals surface area contributed by atoms with E-state index in [2.05, 4.69) is 49.1 Å². The molecule has 0 aliphatic carbocycles. The van der Waals surface area contributed by atoms with E-state index in [4.69, 9.17) is 0 Å². The van der Waals surface area contributed by atoms with Crippen molar-refractivity contribution in [3.8, 4) is 0 Å². The highest BCUT2D eigenvalue weighted by atomic mass is 127. The van der Waals surface area contributed by atoms with E-state index in [-0.39, 0.29) is 24.0 Å². The monoisotopic (exact) mass is 492 g/mol. The third-order valence-corrected chi connectivity index (χ3v) is 6.75. The van der Waals surface area contributed by atoms with Gasteiger partial charge in [-0.3, -0.25) is 4.99 Å². The Kier molecular flexibility index (Phi) is 8.99. The quantitative estimate of drug-likeness (QED) is 0.277. The van der Waals surface area contributed by atoms with E-state index in [0.29, 0.717) is 4.75 Å². The minimum absolute atomic E-state index is 0. The van der Waals surface area contributed by atoms with Crippen molar-refractivity contribution in [2.24, 2.45) is 4.99 Å². The smallest absolute Gasteiger partial charge is 0.191 e. The number of hydrogen-bond acceptors (Lipinski definition) is 4. The van der Waals surface area contributed by atoms with Crippen molar-refractivity contribution in [2.75, 3.05) is 25.9 Å². The number of thioether (sulfide) groups is 1. The molecule has 1 fully saturated rings. The van der Waals surface area contributed by atoms with Crippen LogP contribution in [0.15, 0.2) is 4.99 Å². The summed E-state index contributed by atoms with van der Waals surface area (Å²) >= 11 is 2.08. The summed E-state index contributed by atoms with van der Waals surface area (Å²) in [4.78, 5) is 4.35. The molecule has 1 aromatic rings. The Morgan fingerprint density at radius 3 is 2.88 bits per heavy atom. The molecule has 2 aliphatic heterocycles. The van der Waals surface area contributed by atoms with E-state index < -0.39 is 0 Å². The van der Waals surface area contributed by atoms with E-state index in [9.17, 15) is 0 Å². The molecule has 0 saturated carbocycles. The molecule has 2 aliphatic rings. The molecule has 8 heteroatoms. The highest BCUT2D eigenvalue weighted by molar-refractivity contribution is 14.0. The minimum Gasteiger partial charge on any atom is -0.356 e. The number of aryl methyl sites for hydroxylation is 2. The zero-order valence-electron chi connectivity index (χ0n) is 16.1. The molecule has 2 N–H and O–H groups in total. The van der Waals surface area contributed by atoms with Crippen LogP contribution in [0.25, 0.3) is 0 Å². The molecule has 0 bridgehead atoms. The van der Waals surface area contributed by atoms with Crippen LogP contribution in [-0.4, -0.2) is 51.4 Å². The summed E-state index contributed by atoms with van der Waals surface area (Å²) in [5.41, 5.74) is 0. The summed E-state index contributed by atoms with van der Waals surface area (Å²) in [6.07, 6.45) is 9.54. The Morgan fingerprint density at radius 1 is 1.23 bits per heavy atom. The molecule has 3 rings (SSSR count). The molecular weight excluding hydrogens is 459 g/mol. The van der Waals surface area contributed by atoms with Gasteiger partial charge in [-0.2, -0.15) is 11.8 Å². The summed E-state index contributed by atoms with van der Waals surface area (Å²) in [6, 6.07) is 0. The molecule has 0 radical (unpaired) electrons. The summed E-state index contributed by atoms with van der Waals surface area (Å²) < 4.78 is 2.70. The van der Waals surface area contributed by atoms with Crippen molar-refractivity contribution in [2.45, 2.75) is 69.6 Å². The van der Waals surface area contributed by atoms with Crippen LogP contribution in [0, 0.1) is 0 Å². The number of halogens is 1. The van der Waals surface area contributed by atoms with Gasteiger partial charge in [0.25, 0.3) is 0 Å². The first kappa shape index (κ1) is 21.8. The van der Waals surface area contributed by atoms with Crippen LogP contribution in [0.3, 0.4) is 0 Å². The third-order valence-electron chi connectivity index (χ3n) is 5.21. The van der Waals surface area contributed by atoms with E-state index in [1.807, 2.05) is 7.05 Å². The summed E-state index contributed by atoms with van der Waals surface area (Å²) in [5.74, 6) is 4.53. The molecule has 1 saturated heterocycles. The first-order valence-electron chi connectivity index (χ1n) is 9.70. The van der Waals surface area contributed by atoms with Crippen LogP contribution in [0.5, 0.6) is 0 Å². The molecule has 0 aromatic carbocycles. The van der Waals surface area contributed by atoms with Crippen LogP contribution in [0.4, 0.5) is 0 Å². The maximum absolute atomic E-state index is 4.41. The normalized spacial score (nSPS) is 23.1. The molecule has 6 nitrogen and oxygen atoms in total. The summed E-state index contributed by atoms with van der Waals surface area (Å²) in [5, 5.41) is 15.7. The molecule has 1 unspecified atom stereocenters. The fraction of sp³-hybridized carbons (Fsp3) is 0.833. The van der Waals surface area contributed by atoms with Crippen molar-refractivity contribution in [1.29, 1.82) is 0 Å². The number of aromatic nitrogens is 3. The van der Waals surface area contributed by atoms with Crippen LogP contribution in [-0.2, 0) is 19.4 Å². The highest BCUT2D eigenvalue weighted by Crippen LogP contribution is 2.36. The van der Waals surface area contributed by atoms with Gasteiger partial charge in [0, 0.05) is 44.3 Å². The van der Waals surface area contributed by atoms with Gasteiger partial charge in [0.05, 0.1) is 0 Å². The lowest BCUT2D eigenvalue weighted by Crippen LogP contribution is -2.43. The number of guanidine groups is 1. The average molecular weight is 492 g/mol. The number of rotatable bonds is 6. The average Bonchev–Trinajstić information content (AvgIpc) is 3.14. The Hall–Kier alpha value is -0.510. The predicted octanol–water partition coefficient (Wildman–Crippen LogP) is 3.01. The SMILES string of the molecule is CN=C(NCCCc1nnc2n1CCCCC2)NCC1(C)CCCS1.I. The standard InChI is InChI=1S/C18H32N6S.HI/c1-18(10-7-13-25-18)14-21-17(19-2)20-11-6-9-16-23-22-15-8-4-3-5-12-24(15)16;/h3-14H2,1-2H3,(H2,19,20,21);1H. The second-order valence-electron chi connectivity index (χ2n) is 7.35. The van der Waals surface area contributed by atoms with Gasteiger partial charge in [-0.1, -0.05) is 6.42 Å². The number of aliphatic imine (C=N–C) groups is 1. The summed E-state index contributed by atoms with van der Waals surface area (Å²) in [7, 11) is 1.85. The molecule has 148 valence electrons. The fourth-order valence-electron chi connectivity index (χ4n) is 3.65. The van der Waals surface area contributed by atoms with Gasteiger partial charge in [-0.15, -0.1) is 34.2 Å². The zero-order valence-corrected chi connectivity index (χ0v) is 19.2. The second kappa shape index (κ2) is 10.7. The first-order chi connectivity index (χ1) is 12.2. The van der Waals surface area contributed by atoms with Crippen LogP contribution < -0.4 is 10.6 Å². The molecule has 1 aromatic heterocycles. The van der Waals surface area contributed by atoms with Crippen molar-refractivity contribution < 1.29 is 0 Å². The highest BCUT2D eigenvalue weighted by Gasteiger charge is 2.29. The lowest BCUT2D eigenvalue weighted by atomic mass is 10.1. The van der Waals surface area contributed by atoms with Gasteiger partial charge in [-0.05, 0) is 44.8 Å². The lowest BCUT2D eigenvalue weighted by molar-refractivity contribution is 0.579. The second-order valence-corrected chi connectivity index (χ2v) is 9.04. The van der Waals surface area contributed by atoms with Crippen molar-refractivity contribution in [3.63, 3.8) is 0 Å². The van der Waals surface area contributed by atoms with Crippen molar-refractivity contribution >= 4 is 41.7 Å². The van der Waals surface area contributed by atoms with E-state index in [1.165, 1.54) is 43.7 Å². The van der Waals surface area contributed by atoms with E-state index >= 15 is 0 Å². The van der Waals surface area contributed by atoms with E-state index in [1.54, 1.807) is 0 Å². The number of hydrogen-bond donors (Lipinski definition) is 2. The van der Waals surface area contributed by atoms with Crippen LogP contribution >= 0.6 is 35.7 Å². The van der Waals surface area contributed by atoms with Gasteiger partial charge in [0.15, 0.2) is 5.96 Å². The third kappa shape index (κ3) is 6.00. The van der Waals surface area contributed by atoms with E-state index in [0.717, 1.165) is 50.7 Å². The molecule has 0 amide bonds.